The SMILES string of the molecule is CCOCOC[C@H](C[C@H](C(=O)NO)c1csc2ccccc12)NC(=O)c1ccc(Cl)cc1. The van der Waals surface area contributed by atoms with Gasteiger partial charge in [0.05, 0.1) is 18.6 Å². The fraction of sp³-hybridized carbons (Fsp3) is 0.304. The van der Waals surface area contributed by atoms with E-state index in [0.29, 0.717) is 17.2 Å². The fourth-order valence-corrected chi connectivity index (χ4v) is 4.52. The smallest absolute Gasteiger partial charge is 0.251 e. The Kier molecular flexibility index (Phi) is 9.01. The van der Waals surface area contributed by atoms with Gasteiger partial charge in [-0.2, -0.15) is 0 Å². The van der Waals surface area contributed by atoms with Crippen LogP contribution in [0.5, 0.6) is 0 Å². The number of hydrogen-bond donors (Lipinski definition) is 3. The van der Waals surface area contributed by atoms with Crippen LogP contribution in [0, 0.1) is 0 Å². The van der Waals surface area contributed by atoms with Gasteiger partial charge in [0.25, 0.3) is 11.8 Å². The molecule has 0 radical (unpaired) electrons. The molecule has 3 N–H and O–H groups in total. The summed E-state index contributed by atoms with van der Waals surface area (Å²) in [5.41, 5.74) is 2.99. The van der Waals surface area contributed by atoms with Crippen LogP contribution < -0.4 is 10.8 Å². The first kappa shape index (κ1) is 24.2. The minimum absolute atomic E-state index is 0.0715. The predicted octanol–water partition coefficient (Wildman–Crippen LogP) is 4.34. The number of carbonyl (C=O) groups is 2. The molecule has 32 heavy (non-hydrogen) atoms. The van der Waals surface area contributed by atoms with Gasteiger partial charge in [0, 0.05) is 21.9 Å². The molecule has 2 atom stereocenters. The van der Waals surface area contributed by atoms with E-state index in [2.05, 4.69) is 5.32 Å². The Morgan fingerprint density at radius 3 is 2.59 bits per heavy atom. The van der Waals surface area contributed by atoms with Crippen molar-refractivity contribution in [2.24, 2.45) is 0 Å². The van der Waals surface area contributed by atoms with Crippen molar-refractivity contribution in [1.29, 1.82) is 0 Å². The lowest BCUT2D eigenvalue weighted by Gasteiger charge is -2.23. The molecule has 0 aliphatic rings. The van der Waals surface area contributed by atoms with Crippen molar-refractivity contribution in [3.63, 3.8) is 0 Å². The predicted molar refractivity (Wildman–Crippen MR) is 124 cm³/mol. The van der Waals surface area contributed by atoms with E-state index in [0.717, 1.165) is 15.6 Å². The summed E-state index contributed by atoms with van der Waals surface area (Å²) in [7, 11) is 0. The largest absolute Gasteiger partial charge is 0.356 e. The number of hydroxylamine groups is 1. The van der Waals surface area contributed by atoms with Crippen LogP contribution in [0.2, 0.25) is 5.02 Å². The number of rotatable bonds is 11. The second-order valence-corrected chi connectivity index (χ2v) is 8.46. The number of fused-ring (bicyclic) bond motifs is 1. The standard InChI is InChI=1S/C23H25ClN2O5S/c1-2-30-14-31-12-17(25-22(27)15-7-9-16(24)10-8-15)11-19(23(28)26-29)20-13-32-21-6-4-3-5-18(20)21/h3-10,13,17,19,29H,2,11-12,14H2,1H3,(H,25,27)(H,26,28)/t17-,19-/m0/s1. The van der Waals surface area contributed by atoms with Crippen LogP contribution in [0.15, 0.2) is 53.9 Å². The zero-order chi connectivity index (χ0) is 22.9. The molecule has 9 heteroatoms. The molecule has 1 aromatic heterocycles. The molecule has 0 saturated heterocycles. The molecular formula is C23H25ClN2O5S. The summed E-state index contributed by atoms with van der Waals surface area (Å²) in [6.45, 7) is 2.56. The summed E-state index contributed by atoms with van der Waals surface area (Å²) in [6.07, 6.45) is 0.221. The van der Waals surface area contributed by atoms with Gasteiger partial charge in [-0.05, 0) is 60.0 Å². The number of amides is 2. The molecule has 3 rings (SSSR count). The van der Waals surface area contributed by atoms with Crippen LogP contribution in [0.1, 0.15) is 35.2 Å². The first-order chi connectivity index (χ1) is 15.5. The lowest BCUT2D eigenvalue weighted by molar-refractivity contribution is -0.131. The van der Waals surface area contributed by atoms with Crippen molar-refractivity contribution in [3.05, 3.63) is 70.1 Å². The Hall–Kier alpha value is -2.49. The van der Waals surface area contributed by atoms with E-state index in [1.807, 2.05) is 36.6 Å². The Bertz CT molecular complexity index is 1040. The third-order valence-electron chi connectivity index (χ3n) is 4.96. The van der Waals surface area contributed by atoms with Gasteiger partial charge in [0.2, 0.25) is 0 Å². The minimum Gasteiger partial charge on any atom is -0.356 e. The maximum absolute atomic E-state index is 12.8. The third kappa shape index (κ3) is 6.27. The van der Waals surface area contributed by atoms with Gasteiger partial charge in [0.15, 0.2) is 0 Å². The maximum atomic E-state index is 12.8. The molecule has 0 aliphatic carbocycles. The van der Waals surface area contributed by atoms with E-state index in [-0.39, 0.29) is 25.7 Å². The molecule has 1 heterocycles. The highest BCUT2D eigenvalue weighted by Crippen LogP contribution is 2.34. The number of hydrogen-bond acceptors (Lipinski definition) is 6. The normalized spacial score (nSPS) is 13.0. The fourth-order valence-electron chi connectivity index (χ4n) is 3.38. The average Bonchev–Trinajstić information content (AvgIpc) is 3.23. The first-order valence-electron chi connectivity index (χ1n) is 10.2. The second-order valence-electron chi connectivity index (χ2n) is 7.11. The number of nitrogens with one attached hydrogen (secondary N) is 2. The first-order valence-corrected chi connectivity index (χ1v) is 11.4. The van der Waals surface area contributed by atoms with E-state index in [1.54, 1.807) is 29.7 Å². The lowest BCUT2D eigenvalue weighted by atomic mass is 9.91. The summed E-state index contributed by atoms with van der Waals surface area (Å²) < 4.78 is 11.8. The summed E-state index contributed by atoms with van der Waals surface area (Å²) in [5, 5.41) is 15.7. The highest BCUT2D eigenvalue weighted by Gasteiger charge is 2.28. The molecule has 0 unspecified atom stereocenters. The summed E-state index contributed by atoms with van der Waals surface area (Å²) in [5.74, 6) is -1.56. The van der Waals surface area contributed by atoms with E-state index in [9.17, 15) is 14.8 Å². The average molecular weight is 477 g/mol. The molecule has 3 aromatic rings. The lowest BCUT2D eigenvalue weighted by Crippen LogP contribution is -2.41. The summed E-state index contributed by atoms with van der Waals surface area (Å²) in [6, 6.07) is 13.7. The molecule has 0 spiro atoms. The second kappa shape index (κ2) is 11.9. The number of benzene rings is 2. The van der Waals surface area contributed by atoms with Crippen LogP contribution in [-0.2, 0) is 14.3 Å². The van der Waals surface area contributed by atoms with Crippen LogP contribution in [0.25, 0.3) is 10.1 Å². The summed E-state index contributed by atoms with van der Waals surface area (Å²) >= 11 is 7.43. The van der Waals surface area contributed by atoms with Gasteiger partial charge in [-0.3, -0.25) is 14.8 Å². The van der Waals surface area contributed by atoms with Crippen molar-refractivity contribution in [2.45, 2.75) is 25.3 Å². The number of thiophene rings is 1. The van der Waals surface area contributed by atoms with Gasteiger partial charge in [-0.1, -0.05) is 29.8 Å². The zero-order valence-corrected chi connectivity index (χ0v) is 19.1. The zero-order valence-electron chi connectivity index (χ0n) is 17.5. The molecule has 2 amide bonds. The molecule has 170 valence electrons. The Balaban J connectivity index is 1.82. The quantitative estimate of drug-likeness (QED) is 0.165. The third-order valence-corrected chi connectivity index (χ3v) is 6.20. The molecular weight excluding hydrogens is 452 g/mol. The molecule has 0 fully saturated rings. The van der Waals surface area contributed by atoms with Crippen LogP contribution in [0.4, 0.5) is 0 Å². The van der Waals surface area contributed by atoms with Gasteiger partial charge in [0.1, 0.15) is 6.79 Å². The highest BCUT2D eigenvalue weighted by atomic mass is 35.5. The van der Waals surface area contributed by atoms with Gasteiger partial charge < -0.3 is 14.8 Å². The molecule has 2 aromatic carbocycles. The van der Waals surface area contributed by atoms with Crippen molar-refractivity contribution in [3.8, 4) is 0 Å². The van der Waals surface area contributed by atoms with Crippen LogP contribution >= 0.6 is 22.9 Å². The monoisotopic (exact) mass is 476 g/mol. The van der Waals surface area contributed by atoms with Crippen molar-refractivity contribution in [1.82, 2.24) is 10.8 Å². The van der Waals surface area contributed by atoms with Gasteiger partial charge in [-0.15, -0.1) is 11.3 Å². The Morgan fingerprint density at radius 2 is 1.88 bits per heavy atom. The number of ether oxygens (including phenoxy) is 2. The Morgan fingerprint density at radius 1 is 1.12 bits per heavy atom. The molecule has 7 nitrogen and oxygen atoms in total. The van der Waals surface area contributed by atoms with Crippen molar-refractivity contribution < 1.29 is 24.3 Å². The van der Waals surface area contributed by atoms with Crippen LogP contribution in [0.3, 0.4) is 0 Å². The van der Waals surface area contributed by atoms with Gasteiger partial charge in [-0.25, -0.2) is 5.48 Å². The van der Waals surface area contributed by atoms with E-state index < -0.39 is 17.9 Å². The maximum Gasteiger partial charge on any atom is 0.251 e. The molecule has 0 bridgehead atoms. The minimum atomic E-state index is -0.692. The molecule has 0 aliphatic heterocycles. The van der Waals surface area contributed by atoms with Gasteiger partial charge >= 0.3 is 0 Å². The van der Waals surface area contributed by atoms with Crippen LogP contribution in [-0.4, -0.2) is 43.1 Å². The highest BCUT2D eigenvalue weighted by molar-refractivity contribution is 7.17. The Labute approximate surface area is 195 Å². The number of carbonyl (C=O) groups excluding carboxylic acids is 2. The summed E-state index contributed by atoms with van der Waals surface area (Å²) in [4.78, 5) is 25.4. The van der Waals surface area contributed by atoms with Crippen molar-refractivity contribution >= 4 is 44.8 Å². The van der Waals surface area contributed by atoms with E-state index >= 15 is 0 Å². The van der Waals surface area contributed by atoms with E-state index in [1.165, 1.54) is 11.3 Å². The topological polar surface area (TPSA) is 96.9 Å². The van der Waals surface area contributed by atoms with E-state index in [4.69, 9.17) is 21.1 Å². The molecule has 0 saturated carbocycles. The number of halogens is 1. The van der Waals surface area contributed by atoms with Crippen molar-refractivity contribution in [2.75, 3.05) is 20.0 Å².